The first-order valence-corrected chi connectivity index (χ1v) is 4.30. The van der Waals surface area contributed by atoms with E-state index >= 15 is 0 Å². The van der Waals surface area contributed by atoms with Gasteiger partial charge in [-0.1, -0.05) is 0 Å². The van der Waals surface area contributed by atoms with E-state index in [1.807, 2.05) is 6.92 Å². The summed E-state index contributed by atoms with van der Waals surface area (Å²) in [4.78, 5) is 0. The van der Waals surface area contributed by atoms with Gasteiger partial charge in [0.25, 0.3) is 0 Å². The summed E-state index contributed by atoms with van der Waals surface area (Å²) < 4.78 is 10.4. The molecule has 1 fully saturated rings. The van der Waals surface area contributed by atoms with Crippen LogP contribution in [0.25, 0.3) is 0 Å². The molecule has 1 aliphatic heterocycles. The van der Waals surface area contributed by atoms with Crippen LogP contribution in [0.3, 0.4) is 0 Å². The molecule has 0 aliphatic carbocycles. The summed E-state index contributed by atoms with van der Waals surface area (Å²) in [5, 5.41) is 18.2. The van der Waals surface area contributed by atoms with Gasteiger partial charge in [-0.05, 0) is 6.92 Å². The quantitative estimate of drug-likeness (QED) is 0.622. The zero-order valence-corrected chi connectivity index (χ0v) is 7.27. The van der Waals surface area contributed by atoms with E-state index in [9.17, 15) is 5.11 Å². The maximum Gasteiger partial charge on any atom is 0.160 e. The molecule has 0 amide bonds. The summed E-state index contributed by atoms with van der Waals surface area (Å²) in [5.41, 5.74) is 0. The second kappa shape index (κ2) is 4.77. The maximum atomic E-state index is 9.45. The Bertz CT molecular complexity index is 128. The van der Waals surface area contributed by atoms with Crippen molar-refractivity contribution in [2.75, 3.05) is 19.8 Å². The Morgan fingerprint density at radius 2 is 2.33 bits per heavy atom. The van der Waals surface area contributed by atoms with Gasteiger partial charge in [-0.2, -0.15) is 0 Å². The molecule has 12 heavy (non-hydrogen) atoms. The molecule has 3 unspecified atom stereocenters. The van der Waals surface area contributed by atoms with Crippen molar-refractivity contribution in [2.45, 2.75) is 25.7 Å². The fourth-order valence-electron chi connectivity index (χ4n) is 1.28. The molecule has 4 heteroatoms. The topological polar surface area (TPSA) is 58.9 Å². The highest BCUT2D eigenvalue weighted by Crippen LogP contribution is 2.19. The van der Waals surface area contributed by atoms with Crippen LogP contribution in [0.1, 0.15) is 13.3 Å². The van der Waals surface area contributed by atoms with Crippen molar-refractivity contribution in [3.05, 3.63) is 0 Å². The second-order valence-corrected chi connectivity index (χ2v) is 2.96. The van der Waals surface area contributed by atoms with Crippen molar-refractivity contribution < 1.29 is 19.7 Å². The van der Waals surface area contributed by atoms with E-state index in [0.717, 1.165) is 0 Å². The van der Waals surface area contributed by atoms with Gasteiger partial charge < -0.3 is 19.7 Å². The van der Waals surface area contributed by atoms with Crippen molar-refractivity contribution >= 4 is 0 Å². The zero-order valence-electron chi connectivity index (χ0n) is 7.27. The molecule has 2 N–H and O–H groups in total. The van der Waals surface area contributed by atoms with Crippen molar-refractivity contribution in [1.82, 2.24) is 0 Å². The summed E-state index contributed by atoms with van der Waals surface area (Å²) in [6.07, 6.45) is -0.341. The fourth-order valence-corrected chi connectivity index (χ4v) is 1.28. The lowest BCUT2D eigenvalue weighted by molar-refractivity contribution is -0.204. The van der Waals surface area contributed by atoms with Crippen LogP contribution in [0.2, 0.25) is 0 Å². The Morgan fingerprint density at radius 3 is 2.83 bits per heavy atom. The molecule has 4 nitrogen and oxygen atoms in total. The third-order valence-corrected chi connectivity index (χ3v) is 2.06. The van der Waals surface area contributed by atoms with Crippen LogP contribution >= 0.6 is 0 Å². The lowest BCUT2D eigenvalue weighted by atomic mass is 9.99. The summed E-state index contributed by atoms with van der Waals surface area (Å²) in [6.45, 7) is 2.82. The SMILES string of the molecule is CCOC1CC(O)C(CO)CO1. The van der Waals surface area contributed by atoms with Gasteiger partial charge in [0.15, 0.2) is 6.29 Å². The average Bonchev–Trinajstić information content (AvgIpc) is 2.05. The van der Waals surface area contributed by atoms with E-state index in [0.29, 0.717) is 19.6 Å². The van der Waals surface area contributed by atoms with Crippen molar-refractivity contribution in [1.29, 1.82) is 0 Å². The van der Waals surface area contributed by atoms with Crippen LogP contribution in [-0.4, -0.2) is 42.4 Å². The minimum Gasteiger partial charge on any atom is -0.396 e. The number of hydrogen-bond acceptors (Lipinski definition) is 4. The van der Waals surface area contributed by atoms with Gasteiger partial charge >= 0.3 is 0 Å². The smallest absolute Gasteiger partial charge is 0.160 e. The number of ether oxygens (including phenoxy) is 2. The third kappa shape index (κ3) is 2.42. The molecular formula is C8H16O4. The predicted octanol–water partition coefficient (Wildman–Crippen LogP) is -0.261. The molecule has 1 rings (SSSR count). The first kappa shape index (κ1) is 9.92. The highest BCUT2D eigenvalue weighted by molar-refractivity contribution is 4.73. The second-order valence-electron chi connectivity index (χ2n) is 2.96. The lowest BCUT2D eigenvalue weighted by Gasteiger charge is -2.31. The first-order chi connectivity index (χ1) is 5.77. The number of hydrogen-bond donors (Lipinski definition) is 2. The van der Waals surface area contributed by atoms with Crippen molar-refractivity contribution in [3.8, 4) is 0 Å². The highest BCUT2D eigenvalue weighted by atomic mass is 16.7. The monoisotopic (exact) mass is 176 g/mol. The minimum atomic E-state index is -0.500. The maximum absolute atomic E-state index is 9.45. The third-order valence-electron chi connectivity index (χ3n) is 2.06. The van der Waals surface area contributed by atoms with Crippen LogP contribution in [0.5, 0.6) is 0 Å². The molecule has 0 spiro atoms. The molecule has 0 aromatic rings. The van der Waals surface area contributed by atoms with Gasteiger partial charge in [-0.3, -0.25) is 0 Å². The number of aliphatic hydroxyl groups is 2. The van der Waals surface area contributed by atoms with E-state index in [1.54, 1.807) is 0 Å². The van der Waals surface area contributed by atoms with E-state index in [1.165, 1.54) is 0 Å². The predicted molar refractivity (Wildman–Crippen MR) is 42.6 cm³/mol. The van der Waals surface area contributed by atoms with Crippen LogP contribution in [0.4, 0.5) is 0 Å². The van der Waals surface area contributed by atoms with Crippen LogP contribution < -0.4 is 0 Å². The van der Waals surface area contributed by atoms with Gasteiger partial charge in [0.2, 0.25) is 0 Å². The average molecular weight is 176 g/mol. The standard InChI is InChI=1S/C8H16O4/c1-2-11-8-3-7(10)6(4-9)5-12-8/h6-10H,2-5H2,1H3. The fraction of sp³-hybridized carbons (Fsp3) is 1.00. The van der Waals surface area contributed by atoms with Gasteiger partial charge in [0.05, 0.1) is 19.3 Å². The Kier molecular flexibility index (Phi) is 3.94. The lowest BCUT2D eigenvalue weighted by Crippen LogP contribution is -2.40. The van der Waals surface area contributed by atoms with E-state index in [-0.39, 0.29) is 18.8 Å². The first-order valence-electron chi connectivity index (χ1n) is 4.30. The molecule has 1 saturated heterocycles. The molecular weight excluding hydrogens is 160 g/mol. The van der Waals surface area contributed by atoms with Crippen molar-refractivity contribution in [2.24, 2.45) is 5.92 Å². The Labute approximate surface area is 72.1 Å². The van der Waals surface area contributed by atoms with Crippen LogP contribution in [0.15, 0.2) is 0 Å². The normalized spacial score (nSPS) is 36.8. The number of aliphatic hydroxyl groups excluding tert-OH is 2. The van der Waals surface area contributed by atoms with Gasteiger partial charge in [-0.15, -0.1) is 0 Å². The molecule has 0 saturated carbocycles. The molecule has 3 atom stereocenters. The molecule has 0 radical (unpaired) electrons. The van der Waals surface area contributed by atoms with Gasteiger partial charge in [0, 0.05) is 18.9 Å². The summed E-state index contributed by atoms with van der Waals surface area (Å²) in [6, 6.07) is 0. The summed E-state index contributed by atoms with van der Waals surface area (Å²) in [5.74, 6) is -0.151. The molecule has 0 bridgehead atoms. The molecule has 0 aromatic heterocycles. The Balaban J connectivity index is 2.30. The van der Waals surface area contributed by atoms with E-state index in [4.69, 9.17) is 14.6 Å². The van der Waals surface area contributed by atoms with Gasteiger partial charge in [0.1, 0.15) is 0 Å². The molecule has 1 aliphatic rings. The summed E-state index contributed by atoms with van der Waals surface area (Å²) in [7, 11) is 0. The van der Waals surface area contributed by atoms with Crippen LogP contribution in [0, 0.1) is 5.92 Å². The van der Waals surface area contributed by atoms with Crippen LogP contribution in [-0.2, 0) is 9.47 Å². The number of rotatable bonds is 3. The van der Waals surface area contributed by atoms with Gasteiger partial charge in [-0.25, -0.2) is 0 Å². The molecule has 0 aromatic carbocycles. The van der Waals surface area contributed by atoms with Crippen molar-refractivity contribution in [3.63, 3.8) is 0 Å². The van der Waals surface area contributed by atoms with E-state index < -0.39 is 6.10 Å². The largest absolute Gasteiger partial charge is 0.396 e. The zero-order chi connectivity index (χ0) is 8.97. The highest BCUT2D eigenvalue weighted by Gasteiger charge is 2.29. The minimum absolute atomic E-state index is 0.0278. The summed E-state index contributed by atoms with van der Waals surface area (Å²) >= 11 is 0. The molecule has 1 heterocycles. The van der Waals surface area contributed by atoms with E-state index in [2.05, 4.69) is 0 Å². The molecule has 72 valence electrons. The Hall–Kier alpha value is -0.160. The Morgan fingerprint density at radius 1 is 1.58 bits per heavy atom.